The van der Waals surface area contributed by atoms with Gasteiger partial charge in [-0.3, -0.25) is 4.79 Å². The van der Waals surface area contributed by atoms with Crippen molar-refractivity contribution in [2.45, 2.75) is 13.0 Å². The van der Waals surface area contributed by atoms with Crippen molar-refractivity contribution < 1.29 is 4.79 Å². The van der Waals surface area contributed by atoms with Gasteiger partial charge < -0.3 is 10.2 Å². The molecule has 0 unspecified atom stereocenters. The average molecular weight is 405 g/mol. The molecule has 0 aliphatic carbocycles. The summed E-state index contributed by atoms with van der Waals surface area (Å²) in [5.41, 5.74) is 0.756. The van der Waals surface area contributed by atoms with Crippen LogP contribution < -0.4 is 5.32 Å². The molecule has 1 atom stereocenters. The molecule has 3 nitrogen and oxygen atoms in total. The van der Waals surface area contributed by atoms with Crippen molar-refractivity contribution in [1.29, 1.82) is 0 Å². The van der Waals surface area contributed by atoms with E-state index >= 15 is 0 Å². The normalized spacial score (nSPS) is 19.9. The second-order valence-electron chi connectivity index (χ2n) is 3.84. The van der Waals surface area contributed by atoms with Crippen LogP contribution in [0.2, 0.25) is 0 Å². The van der Waals surface area contributed by atoms with E-state index < -0.39 is 0 Å². The molecule has 1 fully saturated rings. The van der Waals surface area contributed by atoms with E-state index in [2.05, 4.69) is 44.1 Å². The van der Waals surface area contributed by atoms with Crippen LogP contribution in [0.3, 0.4) is 0 Å². The number of amides is 1. The fraction of sp³-hybridized carbons (Fsp3) is 0.500. The van der Waals surface area contributed by atoms with Crippen LogP contribution in [0.1, 0.15) is 17.3 Å². The van der Waals surface area contributed by atoms with Crippen LogP contribution in [0.25, 0.3) is 0 Å². The van der Waals surface area contributed by atoms with Crippen molar-refractivity contribution in [3.63, 3.8) is 0 Å². The molecule has 1 saturated heterocycles. The smallest absolute Gasteiger partial charge is 0.256 e. The van der Waals surface area contributed by atoms with Crippen LogP contribution in [-0.4, -0.2) is 36.5 Å². The van der Waals surface area contributed by atoms with E-state index in [1.165, 1.54) is 11.3 Å². The summed E-state index contributed by atoms with van der Waals surface area (Å²) >= 11 is 8.35. The molecule has 1 aliphatic rings. The lowest BCUT2D eigenvalue weighted by molar-refractivity contribution is 0.0709. The van der Waals surface area contributed by atoms with Gasteiger partial charge in [0.25, 0.3) is 5.91 Å². The van der Waals surface area contributed by atoms with E-state index in [4.69, 9.17) is 0 Å². The predicted molar refractivity (Wildman–Crippen MR) is 80.3 cm³/mol. The zero-order valence-electron chi connectivity index (χ0n) is 9.20. The molecule has 0 saturated carbocycles. The quantitative estimate of drug-likeness (QED) is 0.780. The molecule has 96 valence electrons. The van der Waals surface area contributed by atoms with Crippen molar-refractivity contribution in [3.05, 3.63) is 19.2 Å². The summed E-state index contributed by atoms with van der Waals surface area (Å²) < 4.78 is 1.88. The van der Waals surface area contributed by atoms with Gasteiger partial charge in [0.1, 0.15) is 0 Å². The first-order valence-electron chi connectivity index (χ1n) is 5.05. The molecular formula is C10H13Br2ClN2OS. The Labute approximate surface area is 128 Å². The number of hydrogen-bond acceptors (Lipinski definition) is 3. The number of rotatable bonds is 1. The molecule has 0 radical (unpaired) electrons. The summed E-state index contributed by atoms with van der Waals surface area (Å²) in [5.74, 6) is 0.113. The largest absolute Gasteiger partial charge is 0.336 e. The number of nitrogens with one attached hydrogen (secondary N) is 1. The SMILES string of the molecule is C[C@@H]1CN(C(=O)c2cc(Br)sc2Br)CCN1.Cl. The summed E-state index contributed by atoms with van der Waals surface area (Å²) in [6, 6.07) is 2.25. The molecule has 2 rings (SSSR count). The standard InChI is InChI=1S/C10H12Br2N2OS.ClH/c1-6-5-14(3-2-13-6)10(15)7-4-8(11)16-9(7)12;/h4,6,13H,2-3,5H2,1H3;1H/t6-;/m1./s1. The zero-order chi connectivity index (χ0) is 11.7. The number of carbonyl (C=O) groups is 1. The summed E-state index contributed by atoms with van der Waals surface area (Å²) in [4.78, 5) is 14.1. The molecule has 1 amide bonds. The first-order valence-corrected chi connectivity index (χ1v) is 7.45. The van der Waals surface area contributed by atoms with Gasteiger partial charge in [-0.1, -0.05) is 0 Å². The van der Waals surface area contributed by atoms with Gasteiger partial charge in [-0.15, -0.1) is 23.7 Å². The zero-order valence-corrected chi connectivity index (χ0v) is 14.0. The topological polar surface area (TPSA) is 32.3 Å². The molecule has 2 heterocycles. The second kappa shape index (κ2) is 6.52. The lowest BCUT2D eigenvalue weighted by Gasteiger charge is -2.31. The maximum Gasteiger partial charge on any atom is 0.256 e. The Bertz CT molecular complexity index is 413. The summed E-state index contributed by atoms with van der Waals surface area (Å²) in [6.45, 7) is 4.52. The van der Waals surface area contributed by atoms with Crippen molar-refractivity contribution in [3.8, 4) is 0 Å². The van der Waals surface area contributed by atoms with Crippen molar-refractivity contribution in [2.75, 3.05) is 19.6 Å². The van der Waals surface area contributed by atoms with Crippen molar-refractivity contribution in [2.24, 2.45) is 0 Å². The van der Waals surface area contributed by atoms with Gasteiger partial charge in [-0.05, 0) is 44.8 Å². The molecule has 1 N–H and O–H groups in total. The highest BCUT2D eigenvalue weighted by atomic mass is 79.9. The number of piperazine rings is 1. The van der Waals surface area contributed by atoms with Crippen molar-refractivity contribution >= 4 is 61.5 Å². The minimum absolute atomic E-state index is 0. The van der Waals surface area contributed by atoms with E-state index in [1.54, 1.807) is 0 Å². The van der Waals surface area contributed by atoms with Crippen LogP contribution in [-0.2, 0) is 0 Å². The second-order valence-corrected chi connectivity index (χ2v) is 7.59. The van der Waals surface area contributed by atoms with Gasteiger partial charge in [0.05, 0.1) is 13.1 Å². The van der Waals surface area contributed by atoms with Crippen LogP contribution >= 0.6 is 55.6 Å². The first-order chi connectivity index (χ1) is 7.58. The third kappa shape index (κ3) is 3.67. The van der Waals surface area contributed by atoms with E-state index in [-0.39, 0.29) is 18.3 Å². The first kappa shape index (κ1) is 15.4. The summed E-state index contributed by atoms with van der Waals surface area (Å²) in [7, 11) is 0. The lowest BCUT2D eigenvalue weighted by atomic mass is 10.2. The van der Waals surface area contributed by atoms with Gasteiger partial charge in [0.15, 0.2) is 0 Å². The molecular weight excluding hydrogens is 391 g/mol. The Morgan fingerprint density at radius 1 is 1.59 bits per heavy atom. The molecule has 0 aromatic carbocycles. The summed E-state index contributed by atoms with van der Waals surface area (Å²) in [5, 5.41) is 3.33. The number of halogens is 3. The van der Waals surface area contributed by atoms with Crippen LogP contribution in [0.15, 0.2) is 13.6 Å². The number of thiophene rings is 1. The minimum Gasteiger partial charge on any atom is -0.336 e. The summed E-state index contributed by atoms with van der Waals surface area (Å²) in [6.07, 6.45) is 0. The molecule has 1 aromatic rings. The minimum atomic E-state index is 0. The number of hydrogen-bond donors (Lipinski definition) is 1. The predicted octanol–water partition coefficient (Wildman–Crippen LogP) is 3.13. The Kier molecular flexibility index (Phi) is 5.92. The van der Waals surface area contributed by atoms with E-state index in [9.17, 15) is 4.79 Å². The highest BCUT2D eigenvalue weighted by molar-refractivity contribution is 9.12. The van der Waals surface area contributed by atoms with E-state index in [0.717, 1.165) is 32.8 Å². The highest BCUT2D eigenvalue weighted by Crippen LogP contribution is 2.32. The molecule has 1 aliphatic heterocycles. The maximum atomic E-state index is 12.2. The van der Waals surface area contributed by atoms with Gasteiger partial charge in [-0.25, -0.2) is 0 Å². The van der Waals surface area contributed by atoms with Gasteiger partial charge in [0.2, 0.25) is 0 Å². The van der Waals surface area contributed by atoms with Gasteiger partial charge in [-0.2, -0.15) is 0 Å². The molecule has 7 heteroatoms. The monoisotopic (exact) mass is 402 g/mol. The average Bonchev–Trinajstić information content (AvgIpc) is 2.57. The van der Waals surface area contributed by atoms with E-state index in [1.807, 2.05) is 11.0 Å². The van der Waals surface area contributed by atoms with Crippen LogP contribution in [0, 0.1) is 0 Å². The molecule has 1 aromatic heterocycles. The van der Waals surface area contributed by atoms with Gasteiger partial charge >= 0.3 is 0 Å². The molecule has 0 bridgehead atoms. The van der Waals surface area contributed by atoms with Gasteiger partial charge in [0, 0.05) is 25.7 Å². The highest BCUT2D eigenvalue weighted by Gasteiger charge is 2.24. The Morgan fingerprint density at radius 2 is 2.29 bits per heavy atom. The lowest BCUT2D eigenvalue weighted by Crippen LogP contribution is -2.51. The fourth-order valence-corrected chi connectivity index (χ4v) is 4.55. The van der Waals surface area contributed by atoms with E-state index in [0.29, 0.717) is 6.04 Å². The maximum absolute atomic E-state index is 12.2. The Hall–Kier alpha value is 0.380. The third-order valence-corrected chi connectivity index (χ3v) is 4.88. The number of carbonyl (C=O) groups excluding carboxylic acids is 1. The fourth-order valence-electron chi connectivity index (χ4n) is 1.77. The van der Waals surface area contributed by atoms with Crippen LogP contribution in [0.5, 0.6) is 0 Å². The molecule has 0 spiro atoms. The Morgan fingerprint density at radius 3 is 2.82 bits per heavy atom. The third-order valence-electron chi connectivity index (χ3n) is 2.54. The number of nitrogens with zero attached hydrogens (tertiary/aromatic N) is 1. The van der Waals surface area contributed by atoms with Crippen LogP contribution in [0.4, 0.5) is 0 Å². The van der Waals surface area contributed by atoms with Crippen molar-refractivity contribution in [1.82, 2.24) is 10.2 Å². The Balaban J connectivity index is 0.00000144. The molecule has 17 heavy (non-hydrogen) atoms.